The lowest BCUT2D eigenvalue weighted by Crippen LogP contribution is -2.61. The number of amides is 2. The second-order valence-corrected chi connectivity index (χ2v) is 6.85. The predicted octanol–water partition coefficient (Wildman–Crippen LogP) is 3.53. The zero-order valence-corrected chi connectivity index (χ0v) is 13.8. The Balaban J connectivity index is 1.76. The van der Waals surface area contributed by atoms with Crippen LogP contribution in [0.1, 0.15) is 31.9 Å². The van der Waals surface area contributed by atoms with E-state index in [-0.39, 0.29) is 35.9 Å². The van der Waals surface area contributed by atoms with Crippen molar-refractivity contribution >= 4 is 6.03 Å². The van der Waals surface area contributed by atoms with Gasteiger partial charge in [-0.3, -0.25) is 0 Å². The van der Waals surface area contributed by atoms with Gasteiger partial charge in [0.15, 0.2) is 0 Å². The molecule has 1 aromatic rings. The van der Waals surface area contributed by atoms with Gasteiger partial charge in [0.05, 0.1) is 18.7 Å². The first kappa shape index (κ1) is 15.2. The minimum absolute atomic E-state index is 0.00342. The molecule has 1 aliphatic carbocycles. The molecule has 0 radical (unpaired) electrons. The molecule has 3 aliphatic rings. The van der Waals surface area contributed by atoms with Gasteiger partial charge in [-0.05, 0) is 43.2 Å². The number of benzene rings is 1. The monoisotopic (exact) mass is 328 g/mol. The molecule has 5 heteroatoms. The van der Waals surface area contributed by atoms with Crippen LogP contribution in [0.4, 0.5) is 9.18 Å². The predicted molar refractivity (Wildman–Crippen MR) is 88.7 cm³/mol. The van der Waals surface area contributed by atoms with Crippen LogP contribution in [0.25, 0.3) is 0 Å². The molecule has 1 saturated heterocycles. The third-order valence-electron chi connectivity index (χ3n) is 5.12. The van der Waals surface area contributed by atoms with Crippen LogP contribution in [0.15, 0.2) is 47.7 Å². The number of halogens is 1. The smallest absolute Gasteiger partial charge is 0.318 e. The summed E-state index contributed by atoms with van der Waals surface area (Å²) in [7, 11) is 0. The van der Waals surface area contributed by atoms with Crippen LogP contribution in [0.5, 0.6) is 0 Å². The summed E-state index contributed by atoms with van der Waals surface area (Å²) < 4.78 is 19.0. The van der Waals surface area contributed by atoms with Crippen molar-refractivity contribution in [2.75, 3.05) is 6.61 Å². The highest BCUT2D eigenvalue weighted by Gasteiger charge is 2.47. The van der Waals surface area contributed by atoms with E-state index < -0.39 is 0 Å². The standard InChI is InChI=1S/C19H21FN2O2/c1-11(2)22-18-14-9-10-24-16(14)8-7-15(18)17(21-19(22)23)12-3-5-13(20)6-4-12/h3-8,11,15,17-18H,9-10H2,1-2H3,(H,21,23). The molecule has 1 fully saturated rings. The summed E-state index contributed by atoms with van der Waals surface area (Å²) in [6.45, 7) is 4.74. The fourth-order valence-corrected chi connectivity index (χ4v) is 4.08. The number of allylic oxidation sites excluding steroid dienone is 1. The van der Waals surface area contributed by atoms with E-state index in [4.69, 9.17) is 4.74 Å². The highest BCUT2D eigenvalue weighted by atomic mass is 19.1. The van der Waals surface area contributed by atoms with Gasteiger partial charge in [0, 0.05) is 18.4 Å². The number of ether oxygens (including phenoxy) is 1. The number of urea groups is 1. The quantitative estimate of drug-likeness (QED) is 0.902. The molecule has 3 unspecified atom stereocenters. The van der Waals surface area contributed by atoms with E-state index in [0.29, 0.717) is 6.61 Å². The van der Waals surface area contributed by atoms with Crippen LogP contribution in [0.2, 0.25) is 0 Å². The molecule has 2 aliphatic heterocycles. The Hall–Kier alpha value is -2.30. The van der Waals surface area contributed by atoms with Crippen molar-refractivity contribution in [3.05, 3.63) is 59.1 Å². The Labute approximate surface area is 141 Å². The zero-order chi connectivity index (χ0) is 16.8. The van der Waals surface area contributed by atoms with E-state index >= 15 is 0 Å². The first-order valence-corrected chi connectivity index (χ1v) is 8.44. The summed E-state index contributed by atoms with van der Waals surface area (Å²) in [4.78, 5) is 14.7. The zero-order valence-electron chi connectivity index (χ0n) is 13.8. The van der Waals surface area contributed by atoms with Gasteiger partial charge in [-0.25, -0.2) is 9.18 Å². The van der Waals surface area contributed by atoms with Crippen molar-refractivity contribution in [1.29, 1.82) is 0 Å². The summed E-state index contributed by atoms with van der Waals surface area (Å²) in [6.07, 6.45) is 5.00. The average molecular weight is 328 g/mol. The molecule has 1 aromatic carbocycles. The summed E-state index contributed by atoms with van der Waals surface area (Å²) in [5.41, 5.74) is 2.13. The number of hydrogen-bond acceptors (Lipinski definition) is 2. The van der Waals surface area contributed by atoms with Gasteiger partial charge in [-0.2, -0.15) is 0 Å². The Bertz CT molecular complexity index is 723. The molecule has 0 spiro atoms. The first-order chi connectivity index (χ1) is 11.6. The molecule has 0 bridgehead atoms. The minimum Gasteiger partial charge on any atom is -0.493 e. The highest BCUT2D eigenvalue weighted by Crippen LogP contribution is 2.43. The van der Waals surface area contributed by atoms with Crippen molar-refractivity contribution in [2.45, 2.75) is 38.4 Å². The third kappa shape index (κ3) is 2.30. The third-order valence-corrected chi connectivity index (χ3v) is 5.12. The number of carbonyl (C=O) groups is 1. The maximum Gasteiger partial charge on any atom is 0.318 e. The molecule has 0 saturated carbocycles. The number of fused-ring (bicyclic) bond motifs is 2. The van der Waals surface area contributed by atoms with E-state index in [1.165, 1.54) is 17.7 Å². The van der Waals surface area contributed by atoms with E-state index in [9.17, 15) is 9.18 Å². The van der Waals surface area contributed by atoms with Crippen LogP contribution in [0.3, 0.4) is 0 Å². The molecule has 1 N–H and O–H groups in total. The minimum atomic E-state index is -0.269. The fraction of sp³-hybridized carbons (Fsp3) is 0.421. The van der Waals surface area contributed by atoms with Crippen LogP contribution in [-0.2, 0) is 4.74 Å². The fourth-order valence-electron chi connectivity index (χ4n) is 4.08. The molecular weight excluding hydrogens is 307 g/mol. The molecule has 126 valence electrons. The largest absolute Gasteiger partial charge is 0.493 e. The van der Waals surface area contributed by atoms with E-state index in [0.717, 1.165) is 17.7 Å². The summed E-state index contributed by atoms with van der Waals surface area (Å²) in [6, 6.07) is 6.25. The molecule has 0 aromatic heterocycles. The Morgan fingerprint density at radius 1 is 1.29 bits per heavy atom. The van der Waals surface area contributed by atoms with E-state index in [1.807, 2.05) is 24.8 Å². The SMILES string of the molecule is CC(C)N1C(=O)NC(c2ccc(F)cc2)C2C=CC3=C(CCO3)C21. The summed E-state index contributed by atoms with van der Waals surface area (Å²) in [5, 5.41) is 3.11. The van der Waals surface area contributed by atoms with Crippen LogP contribution in [0, 0.1) is 11.7 Å². The molecule has 24 heavy (non-hydrogen) atoms. The summed E-state index contributed by atoms with van der Waals surface area (Å²) >= 11 is 0. The van der Waals surface area contributed by atoms with Crippen LogP contribution >= 0.6 is 0 Å². The lowest BCUT2D eigenvalue weighted by molar-refractivity contribution is 0.106. The maximum atomic E-state index is 13.3. The lowest BCUT2D eigenvalue weighted by Gasteiger charge is -2.48. The molecule has 2 heterocycles. The molecule has 3 atom stereocenters. The highest BCUT2D eigenvalue weighted by molar-refractivity contribution is 5.78. The van der Waals surface area contributed by atoms with E-state index in [1.54, 1.807) is 12.1 Å². The number of nitrogens with zero attached hydrogens (tertiary/aromatic N) is 1. The Morgan fingerprint density at radius 3 is 2.75 bits per heavy atom. The molecular formula is C19H21FN2O2. The second-order valence-electron chi connectivity index (χ2n) is 6.85. The number of rotatable bonds is 2. The summed E-state index contributed by atoms with van der Waals surface area (Å²) in [5.74, 6) is 0.750. The van der Waals surface area contributed by atoms with Gasteiger partial charge in [0.2, 0.25) is 0 Å². The molecule has 4 rings (SSSR count). The maximum absolute atomic E-state index is 13.3. The average Bonchev–Trinajstić information content (AvgIpc) is 3.03. The Morgan fingerprint density at radius 2 is 2.04 bits per heavy atom. The molecule has 4 nitrogen and oxygen atoms in total. The van der Waals surface area contributed by atoms with E-state index in [2.05, 4.69) is 11.4 Å². The van der Waals surface area contributed by atoms with Gasteiger partial charge in [0.1, 0.15) is 11.6 Å². The molecule has 2 amide bonds. The number of carbonyl (C=O) groups excluding carboxylic acids is 1. The number of hydrogen-bond donors (Lipinski definition) is 1. The first-order valence-electron chi connectivity index (χ1n) is 8.44. The van der Waals surface area contributed by atoms with Crippen molar-refractivity contribution in [3.63, 3.8) is 0 Å². The van der Waals surface area contributed by atoms with Crippen molar-refractivity contribution in [3.8, 4) is 0 Å². The Kier molecular flexibility index (Phi) is 3.59. The van der Waals surface area contributed by atoms with Crippen molar-refractivity contribution in [2.24, 2.45) is 5.92 Å². The van der Waals surface area contributed by atoms with Crippen LogP contribution in [-0.4, -0.2) is 29.6 Å². The van der Waals surface area contributed by atoms with Gasteiger partial charge >= 0.3 is 6.03 Å². The van der Waals surface area contributed by atoms with Gasteiger partial charge in [0.25, 0.3) is 0 Å². The van der Waals surface area contributed by atoms with Crippen molar-refractivity contribution < 1.29 is 13.9 Å². The van der Waals surface area contributed by atoms with Gasteiger partial charge < -0.3 is 15.0 Å². The normalized spacial score (nSPS) is 28.6. The lowest BCUT2D eigenvalue weighted by atomic mass is 9.77. The van der Waals surface area contributed by atoms with Gasteiger partial charge in [-0.1, -0.05) is 18.2 Å². The number of nitrogens with one attached hydrogen (secondary N) is 1. The van der Waals surface area contributed by atoms with Crippen LogP contribution < -0.4 is 5.32 Å². The van der Waals surface area contributed by atoms with Crippen molar-refractivity contribution in [1.82, 2.24) is 10.2 Å². The second kappa shape index (κ2) is 5.65. The topological polar surface area (TPSA) is 41.6 Å². The van der Waals surface area contributed by atoms with Gasteiger partial charge in [-0.15, -0.1) is 0 Å².